The summed E-state index contributed by atoms with van der Waals surface area (Å²) in [7, 11) is 0. The first-order valence-corrected chi connectivity index (χ1v) is 7.11. The van der Waals surface area contributed by atoms with Gasteiger partial charge in [0.1, 0.15) is 18.3 Å². The van der Waals surface area contributed by atoms with Crippen molar-refractivity contribution in [3.63, 3.8) is 0 Å². The Balaban J connectivity index is 3.66. The van der Waals surface area contributed by atoms with Crippen molar-refractivity contribution in [3.05, 3.63) is 0 Å². The van der Waals surface area contributed by atoms with E-state index in [0.717, 1.165) is 19.3 Å². The zero-order valence-corrected chi connectivity index (χ0v) is 12.5. The zero-order valence-electron chi connectivity index (χ0n) is 12.5. The van der Waals surface area contributed by atoms with Gasteiger partial charge in [-0.3, -0.25) is 0 Å². The van der Waals surface area contributed by atoms with Crippen molar-refractivity contribution in [2.24, 2.45) is 0 Å². The van der Waals surface area contributed by atoms with Gasteiger partial charge in [-0.1, -0.05) is 6.92 Å². The molecule has 0 aliphatic carbocycles. The highest BCUT2D eigenvalue weighted by molar-refractivity contribution is 5.74. The van der Waals surface area contributed by atoms with Gasteiger partial charge in [0.15, 0.2) is 0 Å². The van der Waals surface area contributed by atoms with E-state index < -0.39 is 24.1 Å². The number of aliphatic hydroxyl groups is 2. The summed E-state index contributed by atoms with van der Waals surface area (Å²) in [6.07, 6.45) is 1.46. The lowest BCUT2D eigenvalue weighted by atomic mass is 10.1. The standard InChI is InChI=1S/C14H26O6/c1-4-12(20-14(18)11(3)16)8-6-5-7-9-19-13(17)10(2)15/h10-12,15-16H,4-9H2,1-3H3. The van der Waals surface area contributed by atoms with Gasteiger partial charge < -0.3 is 19.7 Å². The van der Waals surface area contributed by atoms with Crippen LogP contribution in [0.3, 0.4) is 0 Å². The first kappa shape index (κ1) is 18.9. The van der Waals surface area contributed by atoms with Crippen LogP contribution in [0.15, 0.2) is 0 Å². The van der Waals surface area contributed by atoms with Gasteiger partial charge in [0.25, 0.3) is 0 Å². The van der Waals surface area contributed by atoms with Crippen LogP contribution in [0.25, 0.3) is 0 Å². The summed E-state index contributed by atoms with van der Waals surface area (Å²) in [5, 5.41) is 18.0. The lowest BCUT2D eigenvalue weighted by Gasteiger charge is -2.17. The molecule has 0 bridgehead atoms. The van der Waals surface area contributed by atoms with Crippen LogP contribution in [0.1, 0.15) is 52.9 Å². The number of carbonyl (C=O) groups excluding carboxylic acids is 2. The lowest BCUT2D eigenvalue weighted by molar-refractivity contribution is -0.158. The summed E-state index contributed by atoms with van der Waals surface area (Å²) in [5.41, 5.74) is 0. The van der Waals surface area contributed by atoms with Crippen LogP contribution in [0.2, 0.25) is 0 Å². The van der Waals surface area contributed by atoms with E-state index in [9.17, 15) is 9.59 Å². The van der Waals surface area contributed by atoms with E-state index in [2.05, 4.69) is 0 Å². The predicted octanol–water partition coefficient (Wildman–Crippen LogP) is 1.17. The number of unbranched alkanes of at least 4 members (excludes halogenated alkanes) is 2. The van der Waals surface area contributed by atoms with Gasteiger partial charge in [-0.25, -0.2) is 9.59 Å². The molecule has 0 rings (SSSR count). The number of hydrogen-bond acceptors (Lipinski definition) is 6. The minimum atomic E-state index is -1.09. The van der Waals surface area contributed by atoms with E-state index in [4.69, 9.17) is 19.7 Å². The first-order valence-electron chi connectivity index (χ1n) is 7.11. The number of hydrogen-bond donors (Lipinski definition) is 2. The molecule has 0 radical (unpaired) electrons. The topological polar surface area (TPSA) is 93.1 Å². The Kier molecular flexibility index (Phi) is 10.0. The summed E-state index contributed by atoms with van der Waals surface area (Å²) >= 11 is 0. The van der Waals surface area contributed by atoms with E-state index in [0.29, 0.717) is 12.8 Å². The Morgan fingerprint density at radius 2 is 1.60 bits per heavy atom. The highest BCUT2D eigenvalue weighted by Crippen LogP contribution is 2.11. The fourth-order valence-electron chi connectivity index (χ4n) is 1.55. The molecule has 0 aromatic rings. The molecule has 3 unspecified atom stereocenters. The van der Waals surface area contributed by atoms with Crippen LogP contribution in [0.5, 0.6) is 0 Å². The van der Waals surface area contributed by atoms with Crippen molar-refractivity contribution in [3.8, 4) is 0 Å². The molecule has 20 heavy (non-hydrogen) atoms. The van der Waals surface area contributed by atoms with Gasteiger partial charge in [0.2, 0.25) is 0 Å². The minimum absolute atomic E-state index is 0.183. The molecule has 0 fully saturated rings. The van der Waals surface area contributed by atoms with E-state index in [1.807, 2.05) is 6.92 Å². The van der Waals surface area contributed by atoms with E-state index >= 15 is 0 Å². The van der Waals surface area contributed by atoms with Crippen molar-refractivity contribution < 1.29 is 29.3 Å². The maximum atomic E-state index is 11.2. The Morgan fingerprint density at radius 1 is 1.00 bits per heavy atom. The molecule has 118 valence electrons. The third kappa shape index (κ3) is 8.87. The Bertz CT molecular complexity index is 287. The summed E-state index contributed by atoms with van der Waals surface area (Å²) in [4.78, 5) is 22.2. The third-order valence-electron chi connectivity index (χ3n) is 2.84. The van der Waals surface area contributed by atoms with Crippen molar-refractivity contribution >= 4 is 11.9 Å². The van der Waals surface area contributed by atoms with Crippen molar-refractivity contribution in [1.82, 2.24) is 0 Å². The fraction of sp³-hybridized carbons (Fsp3) is 0.857. The van der Waals surface area contributed by atoms with Crippen LogP contribution >= 0.6 is 0 Å². The number of ether oxygens (including phenoxy) is 2. The summed E-state index contributed by atoms with van der Waals surface area (Å²) in [6.45, 7) is 4.95. The molecule has 0 spiro atoms. The summed E-state index contributed by atoms with van der Waals surface area (Å²) < 4.78 is 9.96. The number of esters is 2. The quantitative estimate of drug-likeness (QED) is 0.463. The molecule has 0 aromatic carbocycles. The van der Waals surface area contributed by atoms with Gasteiger partial charge in [-0.05, 0) is 46.0 Å². The molecule has 0 heterocycles. The van der Waals surface area contributed by atoms with Crippen molar-refractivity contribution in [2.45, 2.75) is 71.2 Å². The second kappa shape index (κ2) is 10.6. The maximum Gasteiger partial charge on any atom is 0.334 e. The molecule has 6 nitrogen and oxygen atoms in total. The molecular weight excluding hydrogens is 264 g/mol. The van der Waals surface area contributed by atoms with Crippen molar-refractivity contribution in [1.29, 1.82) is 0 Å². The van der Waals surface area contributed by atoms with Gasteiger partial charge in [0.05, 0.1) is 6.61 Å². The van der Waals surface area contributed by atoms with Gasteiger partial charge in [-0.2, -0.15) is 0 Å². The molecule has 2 N–H and O–H groups in total. The molecule has 0 amide bonds. The van der Waals surface area contributed by atoms with Crippen LogP contribution in [-0.4, -0.2) is 47.1 Å². The Labute approximate surface area is 120 Å². The number of rotatable bonds is 10. The van der Waals surface area contributed by atoms with E-state index in [-0.39, 0.29) is 12.7 Å². The van der Waals surface area contributed by atoms with E-state index in [1.54, 1.807) is 0 Å². The molecule has 0 aliphatic heterocycles. The fourth-order valence-corrected chi connectivity index (χ4v) is 1.55. The summed E-state index contributed by atoms with van der Waals surface area (Å²) in [5.74, 6) is -1.20. The van der Waals surface area contributed by atoms with Crippen molar-refractivity contribution in [2.75, 3.05) is 6.61 Å². The number of carbonyl (C=O) groups is 2. The van der Waals surface area contributed by atoms with Crippen LogP contribution in [0, 0.1) is 0 Å². The normalized spacial score (nSPS) is 15.2. The lowest BCUT2D eigenvalue weighted by Crippen LogP contribution is -2.25. The van der Waals surface area contributed by atoms with Gasteiger partial charge in [-0.15, -0.1) is 0 Å². The Hall–Kier alpha value is -1.14. The second-order valence-electron chi connectivity index (χ2n) is 4.84. The summed E-state index contributed by atoms with van der Waals surface area (Å²) in [6, 6.07) is 0. The number of aliphatic hydroxyl groups excluding tert-OH is 2. The molecule has 3 atom stereocenters. The molecule has 0 aromatic heterocycles. The average Bonchev–Trinajstić information content (AvgIpc) is 2.40. The molecule has 0 aliphatic rings. The average molecular weight is 290 g/mol. The predicted molar refractivity (Wildman–Crippen MR) is 73.0 cm³/mol. The highest BCUT2D eigenvalue weighted by Gasteiger charge is 2.16. The smallest absolute Gasteiger partial charge is 0.334 e. The highest BCUT2D eigenvalue weighted by atomic mass is 16.6. The van der Waals surface area contributed by atoms with E-state index in [1.165, 1.54) is 13.8 Å². The maximum absolute atomic E-state index is 11.2. The zero-order chi connectivity index (χ0) is 15.5. The monoisotopic (exact) mass is 290 g/mol. The van der Waals surface area contributed by atoms with Gasteiger partial charge >= 0.3 is 11.9 Å². The molecular formula is C14H26O6. The van der Waals surface area contributed by atoms with Gasteiger partial charge in [0, 0.05) is 0 Å². The molecule has 0 saturated heterocycles. The largest absolute Gasteiger partial charge is 0.464 e. The first-order chi connectivity index (χ1) is 9.38. The SMILES string of the molecule is CCC(CCCCCOC(=O)C(C)O)OC(=O)C(C)O. The second-order valence-corrected chi connectivity index (χ2v) is 4.84. The third-order valence-corrected chi connectivity index (χ3v) is 2.84. The minimum Gasteiger partial charge on any atom is -0.464 e. The van der Waals surface area contributed by atoms with Crippen LogP contribution < -0.4 is 0 Å². The molecule has 0 saturated carbocycles. The van der Waals surface area contributed by atoms with Crippen LogP contribution in [-0.2, 0) is 19.1 Å². The Morgan fingerprint density at radius 3 is 2.10 bits per heavy atom. The van der Waals surface area contributed by atoms with Crippen LogP contribution in [0.4, 0.5) is 0 Å². The molecule has 6 heteroatoms.